The van der Waals surface area contributed by atoms with E-state index in [0.29, 0.717) is 24.4 Å². The first-order valence-electron chi connectivity index (χ1n) is 4.90. The fraction of sp³-hybridized carbons (Fsp3) is 0.182. The number of primary amides is 1. The van der Waals surface area contributed by atoms with Gasteiger partial charge in [0.1, 0.15) is 0 Å². The van der Waals surface area contributed by atoms with Gasteiger partial charge in [-0.05, 0) is 11.6 Å². The van der Waals surface area contributed by atoms with Crippen molar-refractivity contribution in [3.8, 4) is 0 Å². The molecule has 0 spiro atoms. The van der Waals surface area contributed by atoms with Crippen LogP contribution in [0.15, 0.2) is 18.5 Å². The monoisotopic (exact) mass is 215 g/mol. The van der Waals surface area contributed by atoms with Gasteiger partial charge in [0.05, 0.1) is 18.8 Å². The molecule has 3 rings (SSSR count). The fourth-order valence-electron chi connectivity index (χ4n) is 1.87. The molecule has 0 unspecified atom stereocenters. The molecule has 0 saturated heterocycles. The predicted molar refractivity (Wildman–Crippen MR) is 56.5 cm³/mol. The van der Waals surface area contributed by atoms with Gasteiger partial charge in [-0.25, -0.2) is 9.97 Å². The maximum atomic E-state index is 11.1. The third-order valence-corrected chi connectivity index (χ3v) is 2.71. The van der Waals surface area contributed by atoms with E-state index in [-0.39, 0.29) is 0 Å². The van der Waals surface area contributed by atoms with Crippen LogP contribution in [0.1, 0.15) is 21.5 Å². The van der Waals surface area contributed by atoms with Gasteiger partial charge in [0.15, 0.2) is 5.65 Å². The highest BCUT2D eigenvalue weighted by atomic mass is 16.5. The molecule has 80 valence electrons. The second-order valence-electron chi connectivity index (χ2n) is 3.71. The summed E-state index contributed by atoms with van der Waals surface area (Å²) in [5.41, 5.74) is 8.34. The summed E-state index contributed by atoms with van der Waals surface area (Å²) in [6.07, 6.45) is 3.21. The van der Waals surface area contributed by atoms with Crippen LogP contribution < -0.4 is 5.73 Å². The van der Waals surface area contributed by atoms with E-state index in [1.807, 2.05) is 0 Å². The lowest BCUT2D eigenvalue weighted by Gasteiger charge is -2.03. The van der Waals surface area contributed by atoms with Crippen molar-refractivity contribution in [2.45, 2.75) is 13.2 Å². The van der Waals surface area contributed by atoms with E-state index in [2.05, 4.69) is 9.97 Å². The summed E-state index contributed by atoms with van der Waals surface area (Å²) in [6, 6.07) is 1.73. The molecular formula is C11H9N3O2. The molecular weight excluding hydrogens is 206 g/mol. The Morgan fingerprint density at radius 1 is 1.31 bits per heavy atom. The van der Waals surface area contributed by atoms with E-state index in [9.17, 15) is 4.79 Å². The van der Waals surface area contributed by atoms with Crippen molar-refractivity contribution in [3.05, 3.63) is 35.2 Å². The Morgan fingerprint density at radius 2 is 2.12 bits per heavy atom. The van der Waals surface area contributed by atoms with E-state index < -0.39 is 5.91 Å². The standard InChI is InChI=1S/C11H9N3O2/c12-10(15)6-1-8-9-5-16-4-7(9)3-14-11(8)13-2-6/h1-3H,4-5H2,(H2,12,15). The Kier molecular flexibility index (Phi) is 1.87. The molecule has 0 bridgehead atoms. The fourth-order valence-corrected chi connectivity index (χ4v) is 1.87. The van der Waals surface area contributed by atoms with Crippen molar-refractivity contribution in [1.82, 2.24) is 9.97 Å². The number of rotatable bonds is 1. The van der Waals surface area contributed by atoms with Gasteiger partial charge in [-0.3, -0.25) is 4.79 Å². The first-order valence-corrected chi connectivity index (χ1v) is 4.90. The van der Waals surface area contributed by atoms with Crippen molar-refractivity contribution < 1.29 is 9.53 Å². The number of nitrogens with two attached hydrogens (primary N) is 1. The average molecular weight is 215 g/mol. The number of fused-ring (bicyclic) bond motifs is 3. The lowest BCUT2D eigenvalue weighted by molar-refractivity contribution is 0.1000. The molecule has 0 radical (unpaired) electrons. The zero-order chi connectivity index (χ0) is 11.1. The summed E-state index contributed by atoms with van der Waals surface area (Å²) < 4.78 is 5.34. The Bertz CT molecular complexity index is 595. The van der Waals surface area contributed by atoms with Crippen molar-refractivity contribution in [1.29, 1.82) is 0 Å². The van der Waals surface area contributed by atoms with Crippen LogP contribution in [-0.2, 0) is 18.0 Å². The molecule has 0 aliphatic carbocycles. The van der Waals surface area contributed by atoms with Gasteiger partial charge in [-0.2, -0.15) is 0 Å². The van der Waals surface area contributed by atoms with E-state index >= 15 is 0 Å². The van der Waals surface area contributed by atoms with E-state index in [1.165, 1.54) is 6.20 Å². The largest absolute Gasteiger partial charge is 0.372 e. The molecule has 0 saturated carbocycles. The highest BCUT2D eigenvalue weighted by Gasteiger charge is 2.16. The molecule has 0 fully saturated rings. The van der Waals surface area contributed by atoms with Gasteiger partial charge in [0.25, 0.3) is 0 Å². The normalized spacial score (nSPS) is 14.0. The molecule has 16 heavy (non-hydrogen) atoms. The van der Waals surface area contributed by atoms with Crippen LogP contribution in [0.3, 0.4) is 0 Å². The van der Waals surface area contributed by atoms with Gasteiger partial charge < -0.3 is 10.5 Å². The third-order valence-electron chi connectivity index (χ3n) is 2.71. The summed E-state index contributed by atoms with van der Waals surface area (Å²) in [4.78, 5) is 19.4. The van der Waals surface area contributed by atoms with E-state index in [4.69, 9.17) is 10.5 Å². The molecule has 5 heteroatoms. The van der Waals surface area contributed by atoms with Gasteiger partial charge >= 0.3 is 0 Å². The summed E-state index contributed by atoms with van der Waals surface area (Å²) in [5.74, 6) is -0.481. The van der Waals surface area contributed by atoms with Crippen LogP contribution in [0.5, 0.6) is 0 Å². The maximum Gasteiger partial charge on any atom is 0.250 e. The van der Waals surface area contributed by atoms with E-state index in [1.54, 1.807) is 12.3 Å². The van der Waals surface area contributed by atoms with Gasteiger partial charge in [0, 0.05) is 23.3 Å². The minimum Gasteiger partial charge on any atom is -0.372 e. The quantitative estimate of drug-likeness (QED) is 0.761. The summed E-state index contributed by atoms with van der Waals surface area (Å²) in [5, 5.41) is 0.853. The van der Waals surface area contributed by atoms with Gasteiger partial charge in [-0.15, -0.1) is 0 Å². The SMILES string of the molecule is NC(=O)c1cnc2ncc3c(c2c1)COC3. The van der Waals surface area contributed by atoms with Crippen LogP contribution in [0, 0.1) is 0 Å². The van der Waals surface area contributed by atoms with Crippen molar-refractivity contribution >= 4 is 16.9 Å². The number of pyridine rings is 2. The number of amides is 1. The lowest BCUT2D eigenvalue weighted by atomic mass is 10.1. The molecule has 5 nitrogen and oxygen atoms in total. The van der Waals surface area contributed by atoms with Crippen molar-refractivity contribution in [2.75, 3.05) is 0 Å². The molecule has 3 heterocycles. The molecule has 1 amide bonds. The maximum absolute atomic E-state index is 11.1. The molecule has 0 aromatic carbocycles. The Morgan fingerprint density at radius 3 is 2.94 bits per heavy atom. The number of hydrogen-bond donors (Lipinski definition) is 1. The number of nitrogens with zero attached hydrogens (tertiary/aromatic N) is 2. The number of ether oxygens (including phenoxy) is 1. The number of carbonyl (C=O) groups excluding carboxylic acids is 1. The van der Waals surface area contributed by atoms with E-state index in [0.717, 1.165) is 16.5 Å². The summed E-state index contributed by atoms with van der Waals surface area (Å²) in [6.45, 7) is 1.11. The van der Waals surface area contributed by atoms with Gasteiger partial charge in [-0.1, -0.05) is 0 Å². The highest BCUT2D eigenvalue weighted by molar-refractivity contribution is 5.96. The second kappa shape index (κ2) is 3.24. The number of aromatic nitrogens is 2. The zero-order valence-electron chi connectivity index (χ0n) is 8.43. The summed E-state index contributed by atoms with van der Waals surface area (Å²) >= 11 is 0. The molecule has 2 aromatic heterocycles. The molecule has 1 aliphatic heterocycles. The summed E-state index contributed by atoms with van der Waals surface area (Å²) in [7, 11) is 0. The van der Waals surface area contributed by atoms with Gasteiger partial charge in [0.2, 0.25) is 5.91 Å². The lowest BCUT2D eigenvalue weighted by Crippen LogP contribution is -2.11. The van der Waals surface area contributed by atoms with Crippen LogP contribution in [0.2, 0.25) is 0 Å². The minimum absolute atomic E-state index is 0.398. The second-order valence-corrected chi connectivity index (χ2v) is 3.71. The number of hydrogen-bond acceptors (Lipinski definition) is 4. The van der Waals surface area contributed by atoms with Crippen LogP contribution in [0.4, 0.5) is 0 Å². The van der Waals surface area contributed by atoms with Crippen LogP contribution >= 0.6 is 0 Å². The zero-order valence-corrected chi connectivity index (χ0v) is 8.43. The molecule has 0 atom stereocenters. The van der Waals surface area contributed by atoms with Crippen LogP contribution in [0.25, 0.3) is 11.0 Å². The highest BCUT2D eigenvalue weighted by Crippen LogP contribution is 2.26. The molecule has 2 aromatic rings. The van der Waals surface area contributed by atoms with Crippen LogP contribution in [-0.4, -0.2) is 15.9 Å². The topological polar surface area (TPSA) is 78.1 Å². The first-order chi connectivity index (χ1) is 7.75. The number of carbonyl (C=O) groups is 1. The Labute approximate surface area is 91.3 Å². The smallest absolute Gasteiger partial charge is 0.250 e. The molecule has 2 N–H and O–H groups in total. The van der Waals surface area contributed by atoms with Crippen molar-refractivity contribution in [2.24, 2.45) is 5.73 Å². The Balaban J connectivity index is 2.32. The third kappa shape index (κ3) is 1.25. The average Bonchev–Trinajstić information content (AvgIpc) is 2.76. The minimum atomic E-state index is -0.481. The Hall–Kier alpha value is -2.01. The first kappa shape index (κ1) is 9.23. The molecule has 1 aliphatic rings. The predicted octanol–water partition coefficient (Wildman–Crippen LogP) is 0.759. The van der Waals surface area contributed by atoms with Crippen molar-refractivity contribution in [3.63, 3.8) is 0 Å².